The fourth-order valence-electron chi connectivity index (χ4n) is 5.41. The quantitative estimate of drug-likeness (QED) is 0.712. The third kappa shape index (κ3) is 4.54. The second-order valence-electron chi connectivity index (χ2n) is 9.12. The van der Waals surface area contributed by atoms with E-state index in [0.717, 1.165) is 37.7 Å². The van der Waals surface area contributed by atoms with Gasteiger partial charge in [-0.15, -0.1) is 0 Å². The Balaban J connectivity index is 1.33. The highest BCUT2D eigenvalue weighted by Crippen LogP contribution is 2.41. The van der Waals surface area contributed by atoms with Crippen molar-refractivity contribution in [1.82, 2.24) is 10.2 Å². The first-order valence-corrected chi connectivity index (χ1v) is 12.2. The Kier molecular flexibility index (Phi) is 6.45. The van der Waals surface area contributed by atoms with Gasteiger partial charge in [-0.05, 0) is 55.0 Å². The van der Waals surface area contributed by atoms with Crippen molar-refractivity contribution in [1.29, 1.82) is 0 Å². The second-order valence-corrected chi connectivity index (χ2v) is 9.52. The van der Waals surface area contributed by atoms with Gasteiger partial charge in [0.25, 0.3) is 5.91 Å². The van der Waals surface area contributed by atoms with E-state index >= 15 is 0 Å². The number of hydrogen-bond acceptors (Lipinski definition) is 4. The van der Waals surface area contributed by atoms with Crippen molar-refractivity contribution < 1.29 is 19.1 Å². The number of rotatable bonds is 4. The van der Waals surface area contributed by atoms with Crippen LogP contribution in [0.25, 0.3) is 0 Å². The predicted molar refractivity (Wildman–Crippen MR) is 126 cm³/mol. The molecule has 1 N–H and O–H groups in total. The standard InChI is InChI=1S/C26H29ClN2O4/c27-20-13-17(14-23-24(20)33-12-6-11-32-23)16-28-25(30)22-15-19-9-4-5-10-21(19)29(22)26(31)18-7-2-1-3-8-18/h1-3,7-8,13-14,19,21-22H,4-6,9-12,15-16H2,(H,28,30). The largest absolute Gasteiger partial charge is 0.489 e. The topological polar surface area (TPSA) is 67.9 Å². The van der Waals surface area contributed by atoms with Crippen molar-refractivity contribution in [3.8, 4) is 11.5 Å². The van der Waals surface area contributed by atoms with Gasteiger partial charge in [-0.1, -0.05) is 42.6 Å². The van der Waals surface area contributed by atoms with Crippen molar-refractivity contribution in [2.75, 3.05) is 13.2 Å². The highest BCUT2D eigenvalue weighted by atomic mass is 35.5. The minimum atomic E-state index is -0.457. The number of hydrogen-bond donors (Lipinski definition) is 1. The zero-order valence-electron chi connectivity index (χ0n) is 18.6. The molecule has 2 aromatic carbocycles. The van der Waals surface area contributed by atoms with Gasteiger partial charge in [0, 0.05) is 24.6 Å². The molecule has 174 valence electrons. The van der Waals surface area contributed by atoms with E-state index in [1.54, 1.807) is 6.07 Å². The molecule has 0 aromatic heterocycles. The number of fused-ring (bicyclic) bond motifs is 2. The number of amides is 2. The summed E-state index contributed by atoms with van der Waals surface area (Å²) in [5.74, 6) is 1.39. The van der Waals surface area contributed by atoms with Crippen LogP contribution in [0.1, 0.15) is 54.4 Å². The van der Waals surface area contributed by atoms with Crippen LogP contribution in [-0.4, -0.2) is 42.0 Å². The minimum absolute atomic E-state index is 0.0521. The number of halogens is 1. The Morgan fingerprint density at radius 2 is 1.82 bits per heavy atom. The first kappa shape index (κ1) is 22.1. The van der Waals surface area contributed by atoms with Crippen molar-refractivity contribution in [3.05, 3.63) is 58.6 Å². The van der Waals surface area contributed by atoms with Gasteiger partial charge in [0.15, 0.2) is 11.5 Å². The van der Waals surface area contributed by atoms with E-state index in [0.29, 0.717) is 47.8 Å². The SMILES string of the molecule is O=C(NCc1cc(Cl)c2c(c1)OCCCO2)C1CC2CCCCC2N1C(=O)c1ccccc1. The van der Waals surface area contributed by atoms with Gasteiger partial charge in [-0.3, -0.25) is 9.59 Å². The molecule has 33 heavy (non-hydrogen) atoms. The highest BCUT2D eigenvalue weighted by Gasteiger charge is 2.47. The van der Waals surface area contributed by atoms with E-state index in [1.165, 1.54) is 6.42 Å². The van der Waals surface area contributed by atoms with Gasteiger partial charge < -0.3 is 19.7 Å². The first-order chi connectivity index (χ1) is 16.1. The number of nitrogens with one attached hydrogen (secondary N) is 1. The van der Waals surface area contributed by atoms with Crippen LogP contribution in [-0.2, 0) is 11.3 Å². The van der Waals surface area contributed by atoms with E-state index in [-0.39, 0.29) is 17.9 Å². The van der Waals surface area contributed by atoms with Gasteiger partial charge in [0.1, 0.15) is 6.04 Å². The molecule has 2 aromatic rings. The molecule has 0 spiro atoms. The molecule has 1 saturated heterocycles. The lowest BCUT2D eigenvalue weighted by atomic mass is 9.84. The molecular formula is C26H29ClN2O4. The van der Waals surface area contributed by atoms with Gasteiger partial charge >= 0.3 is 0 Å². The summed E-state index contributed by atoms with van der Waals surface area (Å²) in [4.78, 5) is 28.6. The third-order valence-corrected chi connectivity index (χ3v) is 7.26. The van der Waals surface area contributed by atoms with Crippen molar-refractivity contribution in [2.24, 2.45) is 5.92 Å². The Hall–Kier alpha value is -2.73. The molecule has 5 rings (SSSR count). The molecule has 1 saturated carbocycles. The second kappa shape index (κ2) is 9.64. The van der Waals surface area contributed by atoms with E-state index in [9.17, 15) is 9.59 Å². The Bertz CT molecular complexity index is 1030. The van der Waals surface area contributed by atoms with Gasteiger partial charge in [0.2, 0.25) is 5.91 Å². The van der Waals surface area contributed by atoms with Crippen LogP contribution in [0.5, 0.6) is 11.5 Å². The average Bonchev–Trinajstić information content (AvgIpc) is 3.06. The van der Waals surface area contributed by atoms with Crippen molar-refractivity contribution >= 4 is 23.4 Å². The van der Waals surface area contributed by atoms with Gasteiger partial charge in [-0.2, -0.15) is 0 Å². The number of likely N-dealkylation sites (tertiary alicyclic amines) is 1. The number of carbonyl (C=O) groups excluding carboxylic acids is 2. The molecule has 3 aliphatic rings. The van der Waals surface area contributed by atoms with Crippen LogP contribution >= 0.6 is 11.6 Å². The summed E-state index contributed by atoms with van der Waals surface area (Å²) in [6.45, 7) is 1.45. The fourth-order valence-corrected chi connectivity index (χ4v) is 5.70. The van der Waals surface area contributed by atoms with Crippen LogP contribution in [0.3, 0.4) is 0 Å². The van der Waals surface area contributed by atoms with Crippen LogP contribution in [0.2, 0.25) is 5.02 Å². The molecular weight excluding hydrogens is 440 g/mol. The maximum atomic E-state index is 13.4. The molecule has 3 atom stereocenters. The minimum Gasteiger partial charge on any atom is -0.489 e. The maximum Gasteiger partial charge on any atom is 0.254 e. The monoisotopic (exact) mass is 468 g/mol. The van der Waals surface area contributed by atoms with E-state index in [4.69, 9.17) is 21.1 Å². The zero-order chi connectivity index (χ0) is 22.8. The fraction of sp³-hybridized carbons (Fsp3) is 0.462. The Labute approximate surface area is 199 Å². The van der Waals surface area contributed by atoms with Crippen molar-refractivity contribution in [3.63, 3.8) is 0 Å². The Morgan fingerprint density at radius 3 is 2.67 bits per heavy atom. The van der Waals surface area contributed by atoms with E-state index in [2.05, 4.69) is 5.32 Å². The zero-order valence-corrected chi connectivity index (χ0v) is 19.4. The summed E-state index contributed by atoms with van der Waals surface area (Å²) in [7, 11) is 0. The number of ether oxygens (including phenoxy) is 2. The average molecular weight is 469 g/mol. The molecule has 2 fully saturated rings. The summed E-state index contributed by atoms with van der Waals surface area (Å²) >= 11 is 6.41. The lowest BCUT2D eigenvalue weighted by Gasteiger charge is -2.33. The molecule has 2 amide bonds. The highest BCUT2D eigenvalue weighted by molar-refractivity contribution is 6.32. The number of nitrogens with zero attached hydrogens (tertiary/aromatic N) is 1. The molecule has 6 nitrogen and oxygen atoms in total. The van der Waals surface area contributed by atoms with Crippen LogP contribution in [0, 0.1) is 5.92 Å². The van der Waals surface area contributed by atoms with Gasteiger partial charge in [0.05, 0.1) is 18.2 Å². The van der Waals surface area contributed by atoms with E-state index in [1.807, 2.05) is 41.3 Å². The normalized spacial score (nSPS) is 24.0. The summed E-state index contributed by atoms with van der Waals surface area (Å²) in [5, 5.41) is 3.53. The third-order valence-electron chi connectivity index (χ3n) is 6.97. The Morgan fingerprint density at radius 1 is 1.03 bits per heavy atom. The lowest BCUT2D eigenvalue weighted by molar-refractivity contribution is -0.125. The summed E-state index contributed by atoms with van der Waals surface area (Å²) in [6, 6.07) is 12.6. The lowest BCUT2D eigenvalue weighted by Crippen LogP contribution is -2.49. The van der Waals surface area contributed by atoms with E-state index < -0.39 is 6.04 Å². The molecule has 7 heteroatoms. The first-order valence-electron chi connectivity index (χ1n) is 11.9. The summed E-state index contributed by atoms with van der Waals surface area (Å²) < 4.78 is 11.5. The smallest absolute Gasteiger partial charge is 0.254 e. The molecule has 3 unspecified atom stereocenters. The number of benzene rings is 2. The molecule has 2 aliphatic heterocycles. The molecule has 0 radical (unpaired) electrons. The van der Waals surface area contributed by atoms with Crippen molar-refractivity contribution in [2.45, 2.75) is 57.2 Å². The van der Waals surface area contributed by atoms with Crippen LogP contribution in [0.15, 0.2) is 42.5 Å². The summed E-state index contributed by atoms with van der Waals surface area (Å²) in [5.41, 5.74) is 1.48. The maximum absolute atomic E-state index is 13.4. The number of carbonyl (C=O) groups is 2. The van der Waals surface area contributed by atoms with Crippen LogP contribution < -0.4 is 14.8 Å². The molecule has 1 aliphatic carbocycles. The van der Waals surface area contributed by atoms with Gasteiger partial charge in [-0.25, -0.2) is 0 Å². The molecule has 2 heterocycles. The predicted octanol–water partition coefficient (Wildman–Crippen LogP) is 4.59. The van der Waals surface area contributed by atoms with Crippen LogP contribution in [0.4, 0.5) is 0 Å². The molecule has 0 bridgehead atoms. The summed E-state index contributed by atoms with van der Waals surface area (Å²) in [6.07, 6.45) is 5.82.